The topological polar surface area (TPSA) is 102 Å². The molecule has 1 aromatic heterocycles. The molecule has 7 nitrogen and oxygen atoms in total. The number of carboxylic acids is 1. The zero-order valence-corrected chi connectivity index (χ0v) is 17.4. The van der Waals surface area contributed by atoms with E-state index in [1.807, 2.05) is 0 Å². The molecule has 5 rings (SSSR count). The molecule has 3 aromatic rings. The zero-order chi connectivity index (χ0) is 21.3. The second-order valence-electron chi connectivity index (χ2n) is 7.66. The van der Waals surface area contributed by atoms with Crippen LogP contribution in [-0.2, 0) is 27.8 Å². The number of ketones is 1. The third-order valence-electron chi connectivity index (χ3n) is 6.03. The number of hydrogen-bond donors (Lipinski definition) is 2. The molecular formula is C22H17BrN2O5. The van der Waals surface area contributed by atoms with Gasteiger partial charge in [0.1, 0.15) is 11.6 Å². The molecule has 152 valence electrons. The lowest BCUT2D eigenvalue weighted by Crippen LogP contribution is -2.51. The van der Waals surface area contributed by atoms with E-state index in [1.54, 1.807) is 67.8 Å². The van der Waals surface area contributed by atoms with Crippen molar-refractivity contribution in [1.82, 2.24) is 9.78 Å². The SMILES string of the molecule is Cn1cc2c(n1)[C@@]1(O)C(=O)C(c3ccc(Br)cc3)(O2)[C@H](c2ccccc2)[C@@H]1C(=O)O. The molecule has 2 aromatic carbocycles. The number of nitrogens with zero attached hydrogens (tertiary/aromatic N) is 2. The summed E-state index contributed by atoms with van der Waals surface area (Å²) in [4.78, 5) is 26.4. The van der Waals surface area contributed by atoms with Crippen LogP contribution in [0.25, 0.3) is 0 Å². The van der Waals surface area contributed by atoms with Gasteiger partial charge in [0.2, 0.25) is 11.4 Å². The van der Waals surface area contributed by atoms with Gasteiger partial charge in [0.25, 0.3) is 0 Å². The maximum Gasteiger partial charge on any atom is 0.311 e. The summed E-state index contributed by atoms with van der Waals surface area (Å²) in [5.74, 6) is -4.25. The summed E-state index contributed by atoms with van der Waals surface area (Å²) in [6.45, 7) is 0. The van der Waals surface area contributed by atoms with Crippen molar-refractivity contribution in [2.75, 3.05) is 0 Å². The van der Waals surface area contributed by atoms with Crippen molar-refractivity contribution in [2.45, 2.75) is 17.1 Å². The van der Waals surface area contributed by atoms with Crippen LogP contribution in [-0.4, -0.2) is 31.7 Å². The van der Waals surface area contributed by atoms with Gasteiger partial charge in [-0.05, 0) is 17.7 Å². The van der Waals surface area contributed by atoms with E-state index in [0.717, 1.165) is 4.47 Å². The molecule has 0 spiro atoms. The average molecular weight is 469 g/mol. The number of aryl methyl sites for hydroxylation is 1. The number of halogens is 1. The summed E-state index contributed by atoms with van der Waals surface area (Å²) < 4.78 is 8.51. The molecule has 1 saturated carbocycles. The van der Waals surface area contributed by atoms with Crippen LogP contribution < -0.4 is 4.74 Å². The summed E-state index contributed by atoms with van der Waals surface area (Å²) in [5, 5.41) is 26.1. The summed E-state index contributed by atoms with van der Waals surface area (Å²) in [5.41, 5.74) is -3.04. The highest BCUT2D eigenvalue weighted by Crippen LogP contribution is 2.64. The van der Waals surface area contributed by atoms with Gasteiger partial charge in [-0.25, -0.2) is 0 Å². The Kier molecular flexibility index (Phi) is 3.97. The van der Waals surface area contributed by atoms with Crippen molar-refractivity contribution in [3.63, 3.8) is 0 Å². The first-order valence-corrected chi connectivity index (χ1v) is 10.1. The maximum atomic E-state index is 13.9. The van der Waals surface area contributed by atoms with Gasteiger partial charge < -0.3 is 14.9 Å². The van der Waals surface area contributed by atoms with Gasteiger partial charge in [-0.2, -0.15) is 5.10 Å². The van der Waals surface area contributed by atoms with Gasteiger partial charge in [0.15, 0.2) is 11.4 Å². The second-order valence-corrected chi connectivity index (χ2v) is 8.58. The maximum absolute atomic E-state index is 13.9. The van der Waals surface area contributed by atoms with Crippen LogP contribution in [0, 0.1) is 5.92 Å². The monoisotopic (exact) mass is 468 g/mol. The molecule has 1 aliphatic carbocycles. The Labute approximate surface area is 180 Å². The lowest BCUT2D eigenvalue weighted by molar-refractivity contribution is -0.161. The van der Waals surface area contributed by atoms with Gasteiger partial charge in [-0.3, -0.25) is 14.3 Å². The van der Waals surface area contributed by atoms with E-state index in [0.29, 0.717) is 11.1 Å². The van der Waals surface area contributed by atoms with E-state index in [4.69, 9.17) is 4.74 Å². The lowest BCUT2D eigenvalue weighted by Gasteiger charge is -2.37. The number of aliphatic carboxylic acids is 1. The molecule has 8 heteroatoms. The largest absolute Gasteiger partial charge is 0.481 e. The molecule has 30 heavy (non-hydrogen) atoms. The first-order chi connectivity index (χ1) is 14.3. The summed E-state index contributed by atoms with van der Waals surface area (Å²) >= 11 is 3.39. The first kappa shape index (κ1) is 19.0. The van der Waals surface area contributed by atoms with E-state index < -0.39 is 34.8 Å². The van der Waals surface area contributed by atoms with Crippen LogP contribution in [0.2, 0.25) is 0 Å². The molecule has 1 aliphatic heterocycles. The predicted octanol–water partition coefficient (Wildman–Crippen LogP) is 2.73. The number of rotatable bonds is 3. The van der Waals surface area contributed by atoms with Crippen LogP contribution in [0.4, 0.5) is 0 Å². The van der Waals surface area contributed by atoms with E-state index in [9.17, 15) is 19.8 Å². The standard InChI is InChI=1S/C22H17BrN2O5/c1-25-11-15-18(24-25)21(29)17(19(26)27)16(12-5-3-2-4-6-12)22(30-15,20(21)28)13-7-9-14(23)10-8-13/h2-11,16-17,29H,1H3,(H,26,27)/t16-,17-,21-,22?/m1/s1. The molecule has 4 atom stereocenters. The third-order valence-corrected chi connectivity index (χ3v) is 6.56. The first-order valence-electron chi connectivity index (χ1n) is 9.34. The van der Waals surface area contributed by atoms with E-state index in [1.165, 1.54) is 4.68 Å². The molecule has 1 fully saturated rings. The number of ether oxygens (including phenoxy) is 1. The highest BCUT2D eigenvalue weighted by Gasteiger charge is 2.77. The number of fused-ring (bicyclic) bond motifs is 4. The van der Waals surface area contributed by atoms with Crippen molar-refractivity contribution in [3.8, 4) is 5.75 Å². The van der Waals surface area contributed by atoms with Gasteiger partial charge in [-0.15, -0.1) is 0 Å². The molecule has 0 saturated heterocycles. The minimum Gasteiger partial charge on any atom is -0.481 e. The minimum atomic E-state index is -2.33. The number of carbonyl (C=O) groups excluding carboxylic acids is 1. The predicted molar refractivity (Wildman–Crippen MR) is 109 cm³/mol. The van der Waals surface area contributed by atoms with Gasteiger partial charge in [0, 0.05) is 17.1 Å². The molecule has 0 amide bonds. The number of benzene rings is 2. The zero-order valence-electron chi connectivity index (χ0n) is 15.8. The molecule has 2 aliphatic rings. The Balaban J connectivity index is 1.88. The summed E-state index contributed by atoms with van der Waals surface area (Å²) in [6, 6.07) is 15.8. The van der Waals surface area contributed by atoms with Crippen LogP contribution in [0.3, 0.4) is 0 Å². The molecule has 2 N–H and O–H groups in total. The van der Waals surface area contributed by atoms with E-state index in [2.05, 4.69) is 21.0 Å². The van der Waals surface area contributed by atoms with Crippen molar-refractivity contribution >= 4 is 27.7 Å². The van der Waals surface area contributed by atoms with Crippen LogP contribution in [0.1, 0.15) is 22.7 Å². The van der Waals surface area contributed by atoms with Gasteiger partial charge in [-0.1, -0.05) is 58.4 Å². The Morgan fingerprint density at radius 3 is 2.47 bits per heavy atom. The molecule has 2 bridgehead atoms. The van der Waals surface area contributed by atoms with Crippen molar-refractivity contribution in [2.24, 2.45) is 13.0 Å². The van der Waals surface area contributed by atoms with Crippen molar-refractivity contribution in [1.29, 1.82) is 0 Å². The van der Waals surface area contributed by atoms with Gasteiger partial charge >= 0.3 is 5.97 Å². The Bertz CT molecular complexity index is 1180. The fourth-order valence-electron chi connectivity index (χ4n) is 4.86. The van der Waals surface area contributed by atoms with E-state index in [-0.39, 0.29) is 11.4 Å². The second kappa shape index (κ2) is 6.26. The number of aromatic nitrogens is 2. The smallest absolute Gasteiger partial charge is 0.311 e. The minimum absolute atomic E-state index is 0.0615. The Morgan fingerprint density at radius 2 is 1.83 bits per heavy atom. The van der Waals surface area contributed by atoms with Crippen molar-refractivity contribution < 1.29 is 24.5 Å². The highest BCUT2D eigenvalue weighted by atomic mass is 79.9. The lowest BCUT2D eigenvalue weighted by atomic mass is 9.75. The van der Waals surface area contributed by atoms with Crippen LogP contribution in [0.5, 0.6) is 5.75 Å². The summed E-state index contributed by atoms with van der Waals surface area (Å²) in [6.07, 6.45) is 1.55. The molecule has 2 heterocycles. The number of Topliss-reactive ketones (excluding diaryl/α,β-unsaturated/α-hetero) is 1. The molecule has 1 unspecified atom stereocenters. The Morgan fingerprint density at radius 1 is 1.17 bits per heavy atom. The number of carboxylic acid groups (broad SMARTS) is 1. The number of aliphatic hydroxyl groups is 1. The third kappa shape index (κ3) is 2.26. The Hall–Kier alpha value is -2.97. The van der Waals surface area contributed by atoms with Crippen LogP contribution in [0.15, 0.2) is 65.3 Å². The quantitative estimate of drug-likeness (QED) is 0.612. The average Bonchev–Trinajstić information content (AvgIpc) is 3.16. The normalized spacial score (nSPS) is 29.4. The molecule has 0 radical (unpaired) electrons. The van der Waals surface area contributed by atoms with Crippen LogP contribution >= 0.6 is 15.9 Å². The fraction of sp³-hybridized carbons (Fsp3) is 0.227. The summed E-state index contributed by atoms with van der Waals surface area (Å²) in [7, 11) is 1.62. The highest BCUT2D eigenvalue weighted by molar-refractivity contribution is 9.10. The molecular weight excluding hydrogens is 452 g/mol. The van der Waals surface area contributed by atoms with E-state index >= 15 is 0 Å². The fourth-order valence-corrected chi connectivity index (χ4v) is 5.13. The van der Waals surface area contributed by atoms with Crippen molar-refractivity contribution in [3.05, 3.63) is 82.1 Å². The van der Waals surface area contributed by atoms with Gasteiger partial charge in [0.05, 0.1) is 12.1 Å². The number of carbonyl (C=O) groups is 2. The number of hydrogen-bond acceptors (Lipinski definition) is 5.